The number of carbonyl (C=O) groups is 2. The fraction of sp³-hybridized carbons (Fsp3) is 0.444. The lowest BCUT2D eigenvalue weighted by Crippen LogP contribution is -2.43. The van der Waals surface area contributed by atoms with Crippen molar-refractivity contribution in [1.82, 2.24) is 25.6 Å². The van der Waals surface area contributed by atoms with Crippen LogP contribution in [0.4, 0.5) is 0 Å². The van der Waals surface area contributed by atoms with Gasteiger partial charge >= 0.3 is 0 Å². The maximum Gasteiger partial charge on any atom is 0.269 e. The largest absolute Gasteiger partial charge is 0.493 e. The minimum Gasteiger partial charge on any atom is -0.493 e. The van der Waals surface area contributed by atoms with Crippen LogP contribution in [0.5, 0.6) is 11.5 Å². The van der Waals surface area contributed by atoms with Crippen LogP contribution in [0.2, 0.25) is 0 Å². The Kier molecular flexibility index (Phi) is 7.56. The third kappa shape index (κ3) is 5.56. The number of H-pyrrole nitrogens is 1. The summed E-state index contributed by atoms with van der Waals surface area (Å²) in [6.45, 7) is 5.76. The van der Waals surface area contributed by atoms with Crippen molar-refractivity contribution in [3.8, 4) is 11.5 Å². The first-order valence-electron chi connectivity index (χ1n) is 8.93. The Balaban J connectivity index is 1.99. The Bertz CT molecular complexity index is 890. The Morgan fingerprint density at radius 2 is 2.04 bits per heavy atom. The maximum absolute atomic E-state index is 12.3. The number of carbonyl (C=O) groups excluding carboxylic acids is 2. The van der Waals surface area contributed by atoms with Gasteiger partial charge in [0.25, 0.3) is 11.8 Å². The molecule has 10 heteroatoms. The average molecular weight is 407 g/mol. The standard InChI is InChI=1S/C18H25N5O4S/c1-5-6-15-19-22-18(28)23(15)10-16(24)20-21-17(25)12-7-8-13(27-11(2)3)14(9-12)26-4/h7-9,11H,5-6,10H2,1-4H3,(H,20,24)(H,21,25)(H,22,28). The number of hydrazine groups is 1. The number of aromatic nitrogens is 3. The number of aryl methyl sites for hydroxylation is 1. The van der Waals surface area contributed by atoms with Crippen LogP contribution in [-0.4, -0.2) is 39.8 Å². The van der Waals surface area contributed by atoms with Gasteiger partial charge in [-0.05, 0) is 50.7 Å². The molecule has 2 amide bonds. The van der Waals surface area contributed by atoms with Crippen molar-refractivity contribution in [2.24, 2.45) is 0 Å². The molecule has 0 aliphatic rings. The first-order chi connectivity index (χ1) is 13.3. The highest BCUT2D eigenvalue weighted by molar-refractivity contribution is 7.71. The SMILES string of the molecule is CCCc1n[nH]c(=S)n1CC(=O)NNC(=O)c1ccc(OC(C)C)c(OC)c1. The van der Waals surface area contributed by atoms with Crippen LogP contribution in [0.1, 0.15) is 43.4 Å². The molecule has 28 heavy (non-hydrogen) atoms. The minimum atomic E-state index is -0.479. The van der Waals surface area contributed by atoms with Gasteiger partial charge in [-0.25, -0.2) is 0 Å². The zero-order chi connectivity index (χ0) is 20.7. The van der Waals surface area contributed by atoms with Crippen LogP contribution in [0.15, 0.2) is 18.2 Å². The molecule has 3 N–H and O–H groups in total. The second-order valence-corrected chi connectivity index (χ2v) is 6.70. The van der Waals surface area contributed by atoms with Gasteiger partial charge in [-0.3, -0.25) is 30.1 Å². The van der Waals surface area contributed by atoms with E-state index >= 15 is 0 Å². The van der Waals surface area contributed by atoms with Crippen molar-refractivity contribution in [1.29, 1.82) is 0 Å². The van der Waals surface area contributed by atoms with Crippen molar-refractivity contribution in [2.45, 2.75) is 46.3 Å². The molecule has 0 unspecified atom stereocenters. The summed E-state index contributed by atoms with van der Waals surface area (Å²) in [6, 6.07) is 4.79. The lowest BCUT2D eigenvalue weighted by Gasteiger charge is -2.14. The highest BCUT2D eigenvalue weighted by atomic mass is 32.1. The minimum absolute atomic E-state index is 0.0276. The van der Waals surface area contributed by atoms with Gasteiger partial charge in [0.05, 0.1) is 13.2 Å². The number of rotatable bonds is 8. The van der Waals surface area contributed by atoms with Crippen LogP contribution in [0.25, 0.3) is 0 Å². The Morgan fingerprint density at radius 3 is 2.68 bits per heavy atom. The second-order valence-electron chi connectivity index (χ2n) is 6.32. The summed E-state index contributed by atoms with van der Waals surface area (Å²) in [4.78, 5) is 24.5. The topological polar surface area (TPSA) is 110 Å². The molecule has 2 aromatic rings. The van der Waals surface area contributed by atoms with Gasteiger partial charge in [0.1, 0.15) is 12.4 Å². The number of hydrogen-bond donors (Lipinski definition) is 3. The van der Waals surface area contributed by atoms with E-state index in [0.717, 1.165) is 6.42 Å². The van der Waals surface area contributed by atoms with E-state index in [9.17, 15) is 9.59 Å². The molecule has 0 spiro atoms. The van der Waals surface area contributed by atoms with Gasteiger partial charge in [-0.2, -0.15) is 5.10 Å². The number of aromatic amines is 1. The Morgan fingerprint density at radius 1 is 1.29 bits per heavy atom. The van der Waals surface area contributed by atoms with Crippen molar-refractivity contribution in [3.05, 3.63) is 34.4 Å². The van der Waals surface area contributed by atoms with E-state index in [1.165, 1.54) is 7.11 Å². The van der Waals surface area contributed by atoms with Crippen molar-refractivity contribution in [2.75, 3.05) is 7.11 Å². The van der Waals surface area contributed by atoms with Crippen LogP contribution in [-0.2, 0) is 17.8 Å². The third-order valence-electron chi connectivity index (χ3n) is 3.72. The molecule has 0 atom stereocenters. The van der Waals surface area contributed by atoms with Gasteiger partial charge in [0.2, 0.25) is 0 Å². The molecule has 1 aromatic carbocycles. The fourth-order valence-corrected chi connectivity index (χ4v) is 2.69. The number of hydrogen-bond acceptors (Lipinski definition) is 6. The highest BCUT2D eigenvalue weighted by Gasteiger charge is 2.14. The highest BCUT2D eigenvalue weighted by Crippen LogP contribution is 2.28. The van der Waals surface area contributed by atoms with Crippen LogP contribution in [0, 0.1) is 4.77 Å². The molecule has 152 valence electrons. The van der Waals surface area contributed by atoms with Gasteiger partial charge in [0.15, 0.2) is 16.3 Å². The van der Waals surface area contributed by atoms with Crippen LogP contribution < -0.4 is 20.3 Å². The lowest BCUT2D eigenvalue weighted by molar-refractivity contribution is -0.122. The fourth-order valence-electron chi connectivity index (χ4n) is 2.47. The van der Waals surface area contributed by atoms with Gasteiger partial charge in [-0.1, -0.05) is 6.92 Å². The molecule has 1 heterocycles. The first-order valence-corrected chi connectivity index (χ1v) is 9.34. The molecule has 0 fully saturated rings. The zero-order valence-corrected chi connectivity index (χ0v) is 17.2. The average Bonchev–Trinajstić information content (AvgIpc) is 2.99. The number of methoxy groups -OCH3 is 1. The van der Waals surface area contributed by atoms with Crippen molar-refractivity contribution < 1.29 is 19.1 Å². The molecule has 2 rings (SSSR count). The molecule has 1 aromatic heterocycles. The van der Waals surface area contributed by atoms with E-state index in [2.05, 4.69) is 21.0 Å². The number of benzene rings is 1. The molecule has 0 radical (unpaired) electrons. The van der Waals surface area contributed by atoms with E-state index in [0.29, 0.717) is 34.1 Å². The number of nitrogens with one attached hydrogen (secondary N) is 3. The van der Waals surface area contributed by atoms with Gasteiger partial charge in [0, 0.05) is 12.0 Å². The quantitative estimate of drug-likeness (QED) is 0.457. The number of ether oxygens (including phenoxy) is 2. The summed E-state index contributed by atoms with van der Waals surface area (Å²) in [6.07, 6.45) is 1.54. The predicted molar refractivity (Wildman–Crippen MR) is 106 cm³/mol. The second kappa shape index (κ2) is 9.88. The summed E-state index contributed by atoms with van der Waals surface area (Å²) in [7, 11) is 1.49. The molecule has 0 bridgehead atoms. The van der Waals surface area contributed by atoms with Crippen molar-refractivity contribution in [3.63, 3.8) is 0 Å². The lowest BCUT2D eigenvalue weighted by atomic mass is 10.2. The van der Waals surface area contributed by atoms with E-state index in [-0.39, 0.29) is 12.6 Å². The summed E-state index contributed by atoms with van der Waals surface area (Å²) in [5, 5.41) is 6.77. The Labute approximate surface area is 168 Å². The maximum atomic E-state index is 12.3. The Hall–Kier alpha value is -2.88. The number of nitrogens with zero attached hydrogens (tertiary/aromatic N) is 2. The molecule has 0 saturated carbocycles. The summed E-state index contributed by atoms with van der Waals surface area (Å²) < 4.78 is 12.8. The predicted octanol–water partition coefficient (Wildman–Crippen LogP) is 2.15. The van der Waals surface area contributed by atoms with Gasteiger partial charge < -0.3 is 9.47 Å². The van der Waals surface area contributed by atoms with E-state index < -0.39 is 11.8 Å². The molecular formula is C18H25N5O4S. The van der Waals surface area contributed by atoms with Crippen LogP contribution >= 0.6 is 12.2 Å². The molecule has 0 saturated heterocycles. The number of amides is 2. The molecular weight excluding hydrogens is 382 g/mol. The molecule has 9 nitrogen and oxygen atoms in total. The monoisotopic (exact) mass is 407 g/mol. The normalized spacial score (nSPS) is 10.6. The third-order valence-corrected chi connectivity index (χ3v) is 4.03. The van der Waals surface area contributed by atoms with E-state index in [1.54, 1.807) is 22.8 Å². The van der Waals surface area contributed by atoms with E-state index in [4.69, 9.17) is 21.7 Å². The zero-order valence-electron chi connectivity index (χ0n) is 16.4. The first kappa shape index (κ1) is 21.4. The summed E-state index contributed by atoms with van der Waals surface area (Å²) in [5.74, 6) is 0.763. The van der Waals surface area contributed by atoms with E-state index in [1.807, 2.05) is 20.8 Å². The van der Waals surface area contributed by atoms with Gasteiger partial charge in [-0.15, -0.1) is 0 Å². The summed E-state index contributed by atoms with van der Waals surface area (Å²) >= 11 is 5.14. The van der Waals surface area contributed by atoms with Crippen LogP contribution in [0.3, 0.4) is 0 Å². The molecule has 0 aliphatic carbocycles. The smallest absolute Gasteiger partial charge is 0.269 e. The van der Waals surface area contributed by atoms with Crippen molar-refractivity contribution >= 4 is 24.0 Å². The molecule has 0 aliphatic heterocycles. The summed E-state index contributed by atoms with van der Waals surface area (Å²) in [5.41, 5.74) is 5.08.